The minimum Gasteiger partial charge on any atom is -0.384 e. The van der Waals surface area contributed by atoms with Gasteiger partial charge in [0, 0.05) is 13.2 Å². The number of hydrogen-bond acceptors (Lipinski definition) is 4. The minimum atomic E-state index is -0.186. The Labute approximate surface area is 114 Å². The Kier molecular flexibility index (Phi) is 4.00. The highest BCUT2D eigenvalue weighted by molar-refractivity contribution is 7.14. The van der Waals surface area contributed by atoms with Crippen LogP contribution in [0.4, 0.5) is 5.69 Å². The number of carbonyl (C=O) groups excluding carboxylic acids is 1. The SMILES string of the molecule is Cc1nn(C)cc1NC(=O)c1ccc(C#CCO)s1. The molecule has 0 fully saturated rings. The molecule has 0 saturated carbocycles. The fraction of sp³-hybridized carbons (Fsp3) is 0.231. The van der Waals surface area contributed by atoms with E-state index in [1.54, 1.807) is 30.1 Å². The third-order valence-corrected chi connectivity index (χ3v) is 3.38. The second-order valence-corrected chi connectivity index (χ2v) is 4.96. The number of thiophene rings is 1. The molecule has 2 aromatic rings. The molecule has 0 aliphatic rings. The fourth-order valence-corrected chi connectivity index (χ4v) is 2.34. The third-order valence-electron chi connectivity index (χ3n) is 2.38. The van der Waals surface area contributed by atoms with Crippen molar-refractivity contribution in [3.05, 3.63) is 33.8 Å². The van der Waals surface area contributed by atoms with Crippen LogP contribution in [0.5, 0.6) is 0 Å². The van der Waals surface area contributed by atoms with Crippen LogP contribution in [-0.2, 0) is 7.05 Å². The van der Waals surface area contributed by atoms with Crippen molar-refractivity contribution in [2.75, 3.05) is 11.9 Å². The Morgan fingerprint density at radius 2 is 2.37 bits per heavy atom. The summed E-state index contributed by atoms with van der Waals surface area (Å²) in [5.74, 6) is 5.14. The van der Waals surface area contributed by atoms with Crippen molar-refractivity contribution >= 4 is 22.9 Å². The Bertz CT molecular complexity index is 661. The molecule has 2 heterocycles. The second-order valence-electron chi connectivity index (χ2n) is 3.88. The van der Waals surface area contributed by atoms with Gasteiger partial charge in [-0.3, -0.25) is 9.48 Å². The van der Waals surface area contributed by atoms with Crippen molar-refractivity contribution in [1.29, 1.82) is 0 Å². The Morgan fingerprint density at radius 1 is 1.58 bits per heavy atom. The first-order valence-electron chi connectivity index (χ1n) is 5.61. The minimum absolute atomic E-state index is 0.182. The van der Waals surface area contributed by atoms with E-state index >= 15 is 0 Å². The van der Waals surface area contributed by atoms with Gasteiger partial charge in [0.15, 0.2) is 0 Å². The number of nitrogens with zero attached hydrogens (tertiary/aromatic N) is 2. The van der Waals surface area contributed by atoms with Crippen LogP contribution in [0.1, 0.15) is 20.2 Å². The summed E-state index contributed by atoms with van der Waals surface area (Å²) in [6.07, 6.45) is 1.76. The van der Waals surface area contributed by atoms with Crippen molar-refractivity contribution in [3.8, 4) is 11.8 Å². The molecule has 0 aromatic carbocycles. The predicted molar refractivity (Wildman–Crippen MR) is 74.2 cm³/mol. The van der Waals surface area contributed by atoms with E-state index in [2.05, 4.69) is 22.3 Å². The van der Waals surface area contributed by atoms with Gasteiger partial charge in [0.25, 0.3) is 5.91 Å². The highest BCUT2D eigenvalue weighted by Gasteiger charge is 2.11. The van der Waals surface area contributed by atoms with Crippen molar-refractivity contribution in [2.24, 2.45) is 7.05 Å². The molecule has 0 unspecified atom stereocenters. The number of rotatable bonds is 2. The van der Waals surface area contributed by atoms with E-state index in [1.165, 1.54) is 11.3 Å². The summed E-state index contributed by atoms with van der Waals surface area (Å²) in [7, 11) is 1.80. The molecule has 2 aromatic heterocycles. The smallest absolute Gasteiger partial charge is 0.265 e. The van der Waals surface area contributed by atoms with E-state index in [0.717, 1.165) is 10.6 Å². The summed E-state index contributed by atoms with van der Waals surface area (Å²) >= 11 is 1.29. The summed E-state index contributed by atoms with van der Waals surface area (Å²) in [6.45, 7) is 1.65. The van der Waals surface area contributed by atoms with Crippen LogP contribution in [0.25, 0.3) is 0 Å². The molecule has 5 nitrogen and oxygen atoms in total. The highest BCUT2D eigenvalue weighted by Crippen LogP contribution is 2.18. The molecule has 1 amide bonds. The molecular weight excluding hydrogens is 262 g/mol. The summed E-state index contributed by atoms with van der Waals surface area (Å²) in [5.41, 5.74) is 1.47. The molecule has 0 spiro atoms. The first-order chi connectivity index (χ1) is 9.10. The van der Waals surface area contributed by atoms with Gasteiger partial charge in [0.2, 0.25) is 0 Å². The van der Waals surface area contributed by atoms with Gasteiger partial charge in [-0.2, -0.15) is 5.10 Å². The molecule has 0 saturated heterocycles. The molecule has 0 aliphatic carbocycles. The molecule has 0 radical (unpaired) electrons. The van der Waals surface area contributed by atoms with Crippen molar-refractivity contribution < 1.29 is 9.90 Å². The van der Waals surface area contributed by atoms with Crippen LogP contribution in [0, 0.1) is 18.8 Å². The van der Waals surface area contributed by atoms with Crippen molar-refractivity contribution in [1.82, 2.24) is 9.78 Å². The van der Waals surface area contributed by atoms with Crippen molar-refractivity contribution in [3.63, 3.8) is 0 Å². The number of hydrogen-bond donors (Lipinski definition) is 2. The zero-order valence-electron chi connectivity index (χ0n) is 10.6. The number of aryl methyl sites for hydroxylation is 2. The topological polar surface area (TPSA) is 67.2 Å². The van der Waals surface area contributed by atoms with E-state index in [1.807, 2.05) is 6.92 Å². The van der Waals surface area contributed by atoms with Crippen LogP contribution in [0.2, 0.25) is 0 Å². The van der Waals surface area contributed by atoms with Crippen LogP contribution < -0.4 is 5.32 Å². The number of aliphatic hydroxyl groups is 1. The lowest BCUT2D eigenvalue weighted by molar-refractivity contribution is 0.103. The maximum absolute atomic E-state index is 12.0. The number of nitrogens with one attached hydrogen (secondary N) is 1. The molecular formula is C13H13N3O2S. The first-order valence-corrected chi connectivity index (χ1v) is 6.43. The Morgan fingerprint density at radius 3 is 3.00 bits per heavy atom. The summed E-state index contributed by atoms with van der Waals surface area (Å²) in [6, 6.07) is 3.48. The van der Waals surface area contributed by atoms with E-state index in [0.29, 0.717) is 10.6 Å². The normalized spacial score (nSPS) is 9.84. The lowest BCUT2D eigenvalue weighted by Crippen LogP contribution is -2.10. The van der Waals surface area contributed by atoms with Gasteiger partial charge in [-0.15, -0.1) is 11.3 Å². The van der Waals surface area contributed by atoms with Gasteiger partial charge in [0.05, 0.1) is 21.1 Å². The highest BCUT2D eigenvalue weighted by atomic mass is 32.1. The van der Waals surface area contributed by atoms with E-state index < -0.39 is 0 Å². The van der Waals surface area contributed by atoms with E-state index in [-0.39, 0.29) is 12.5 Å². The third kappa shape index (κ3) is 3.22. The van der Waals surface area contributed by atoms with Gasteiger partial charge in [-0.1, -0.05) is 11.8 Å². The van der Waals surface area contributed by atoms with Crippen LogP contribution in [0.3, 0.4) is 0 Å². The Hall–Kier alpha value is -2.10. The number of carbonyl (C=O) groups is 1. The zero-order chi connectivity index (χ0) is 13.8. The quantitative estimate of drug-likeness (QED) is 0.814. The number of aromatic nitrogens is 2. The van der Waals surface area contributed by atoms with Gasteiger partial charge < -0.3 is 10.4 Å². The summed E-state index contributed by atoms with van der Waals surface area (Å²) in [5, 5.41) is 15.6. The molecule has 98 valence electrons. The van der Waals surface area contributed by atoms with Gasteiger partial charge in [0.1, 0.15) is 6.61 Å². The van der Waals surface area contributed by atoms with E-state index in [4.69, 9.17) is 5.11 Å². The molecule has 0 aliphatic heterocycles. The maximum Gasteiger partial charge on any atom is 0.265 e. The molecule has 19 heavy (non-hydrogen) atoms. The largest absolute Gasteiger partial charge is 0.384 e. The summed E-state index contributed by atoms with van der Waals surface area (Å²) < 4.78 is 1.65. The Balaban J connectivity index is 2.12. The van der Waals surface area contributed by atoms with E-state index in [9.17, 15) is 4.79 Å². The van der Waals surface area contributed by atoms with Crippen LogP contribution in [-0.4, -0.2) is 27.4 Å². The molecule has 2 N–H and O–H groups in total. The average Bonchev–Trinajstić information content (AvgIpc) is 2.94. The van der Waals surface area contributed by atoms with Gasteiger partial charge in [-0.25, -0.2) is 0 Å². The molecule has 6 heteroatoms. The van der Waals surface area contributed by atoms with Gasteiger partial charge >= 0.3 is 0 Å². The van der Waals surface area contributed by atoms with Crippen molar-refractivity contribution in [2.45, 2.75) is 6.92 Å². The van der Waals surface area contributed by atoms with Crippen LogP contribution >= 0.6 is 11.3 Å². The average molecular weight is 275 g/mol. The number of anilines is 1. The second kappa shape index (κ2) is 5.69. The molecule has 0 bridgehead atoms. The zero-order valence-corrected chi connectivity index (χ0v) is 11.4. The lowest BCUT2D eigenvalue weighted by Gasteiger charge is -2.00. The predicted octanol–water partition coefficient (Wildman–Crippen LogP) is 1.39. The fourth-order valence-electron chi connectivity index (χ4n) is 1.56. The summed E-state index contributed by atoms with van der Waals surface area (Å²) in [4.78, 5) is 13.4. The first kappa shape index (κ1) is 13.3. The molecule has 2 rings (SSSR count). The number of aliphatic hydroxyl groups excluding tert-OH is 1. The number of amides is 1. The van der Waals surface area contributed by atoms with Crippen LogP contribution in [0.15, 0.2) is 18.3 Å². The molecule has 0 atom stereocenters. The monoisotopic (exact) mass is 275 g/mol. The lowest BCUT2D eigenvalue weighted by atomic mass is 10.3. The maximum atomic E-state index is 12.0. The van der Waals surface area contributed by atoms with Gasteiger partial charge in [-0.05, 0) is 19.1 Å². The standard InChI is InChI=1S/C13H13N3O2S/c1-9-11(8-16(2)15-9)14-13(18)12-6-5-10(19-12)4-3-7-17/h5-6,8,17H,7H2,1-2H3,(H,14,18).